The molecule has 0 aliphatic carbocycles. The molecule has 1 aliphatic rings. The van der Waals surface area contributed by atoms with Crippen LogP contribution in [0.5, 0.6) is 5.88 Å². The number of carbonyl (C=O) groups excluding carboxylic acids is 2. The third kappa shape index (κ3) is 4.98. The first-order valence-electron chi connectivity index (χ1n) is 10.6. The Balaban J connectivity index is 1.81. The van der Waals surface area contributed by atoms with E-state index in [0.29, 0.717) is 34.0 Å². The maximum Gasteiger partial charge on any atom is 0.247 e. The van der Waals surface area contributed by atoms with Crippen LogP contribution in [0.15, 0.2) is 53.7 Å². The highest BCUT2D eigenvalue weighted by Gasteiger charge is 2.34. The van der Waals surface area contributed by atoms with Crippen molar-refractivity contribution in [2.24, 2.45) is 5.92 Å². The second kappa shape index (κ2) is 9.58. The van der Waals surface area contributed by atoms with Crippen LogP contribution in [0.3, 0.4) is 0 Å². The summed E-state index contributed by atoms with van der Waals surface area (Å²) in [5, 5.41) is 12.0. The molecule has 3 aromatic rings. The lowest BCUT2D eigenvalue weighted by Gasteiger charge is -2.30. The number of thioether (sulfide) groups is 1. The number of rotatable bonds is 5. The molecule has 0 saturated heterocycles. The van der Waals surface area contributed by atoms with Crippen molar-refractivity contribution in [3.63, 3.8) is 0 Å². The number of hydrogen-bond donors (Lipinski definition) is 1. The minimum Gasteiger partial charge on any atom is -0.447 e. The molecule has 0 saturated carbocycles. The Morgan fingerprint density at radius 1 is 1.09 bits per heavy atom. The van der Waals surface area contributed by atoms with Gasteiger partial charge in [0.1, 0.15) is 0 Å². The maximum absolute atomic E-state index is 12.8. The van der Waals surface area contributed by atoms with Crippen LogP contribution < -0.4 is 15.0 Å². The number of fused-ring (bicyclic) bond motifs is 3. The molecule has 9 heteroatoms. The quantitative estimate of drug-likeness (QED) is 0.548. The summed E-state index contributed by atoms with van der Waals surface area (Å²) in [7, 11) is 0. The van der Waals surface area contributed by atoms with Crippen LogP contribution in [0, 0.1) is 5.92 Å². The second-order valence-electron chi connectivity index (χ2n) is 8.13. The lowest BCUT2D eigenvalue weighted by molar-refractivity contribution is -0.118. The van der Waals surface area contributed by atoms with Gasteiger partial charge >= 0.3 is 0 Å². The molecule has 2 amide bonds. The van der Waals surface area contributed by atoms with Gasteiger partial charge in [-0.3, -0.25) is 14.5 Å². The van der Waals surface area contributed by atoms with E-state index >= 15 is 0 Å². The first-order chi connectivity index (χ1) is 15.8. The molecule has 170 valence electrons. The van der Waals surface area contributed by atoms with Crippen LogP contribution in [-0.2, 0) is 9.59 Å². The van der Waals surface area contributed by atoms with E-state index in [4.69, 9.17) is 4.74 Å². The zero-order valence-corrected chi connectivity index (χ0v) is 19.7. The normalized spacial score (nSPS) is 14.7. The van der Waals surface area contributed by atoms with Crippen molar-refractivity contribution < 1.29 is 14.3 Å². The third-order valence-corrected chi connectivity index (χ3v) is 6.18. The molecule has 4 rings (SSSR count). The molecule has 33 heavy (non-hydrogen) atoms. The van der Waals surface area contributed by atoms with Crippen LogP contribution in [0.2, 0.25) is 0 Å². The number of carbonyl (C=O) groups is 2. The highest BCUT2D eigenvalue weighted by atomic mass is 32.2. The Kier molecular flexibility index (Phi) is 6.60. The molecule has 0 fully saturated rings. The topological polar surface area (TPSA) is 97.3 Å². The summed E-state index contributed by atoms with van der Waals surface area (Å²) in [6, 6.07) is 14.7. The van der Waals surface area contributed by atoms with E-state index < -0.39 is 6.23 Å². The van der Waals surface area contributed by atoms with Gasteiger partial charge < -0.3 is 10.1 Å². The number of nitrogens with zero attached hydrogens (tertiary/aromatic N) is 4. The molecular formula is C24H25N5O3S. The fourth-order valence-electron chi connectivity index (χ4n) is 3.51. The van der Waals surface area contributed by atoms with Crippen molar-refractivity contribution in [1.82, 2.24) is 15.2 Å². The Bertz CT molecular complexity index is 1180. The van der Waals surface area contributed by atoms with Crippen LogP contribution in [0.4, 0.5) is 11.4 Å². The summed E-state index contributed by atoms with van der Waals surface area (Å²) in [5.74, 6) is 1.31. The Labute approximate surface area is 196 Å². The van der Waals surface area contributed by atoms with Gasteiger partial charge in [-0.05, 0) is 24.1 Å². The van der Waals surface area contributed by atoms with Gasteiger partial charge in [0.2, 0.25) is 29.1 Å². The molecule has 0 spiro atoms. The highest BCUT2D eigenvalue weighted by molar-refractivity contribution is 7.99. The van der Waals surface area contributed by atoms with Gasteiger partial charge in [-0.2, -0.15) is 4.98 Å². The lowest BCUT2D eigenvalue weighted by atomic mass is 10.1. The van der Waals surface area contributed by atoms with Crippen molar-refractivity contribution in [3.05, 3.63) is 54.1 Å². The second-order valence-corrected chi connectivity index (χ2v) is 9.12. The summed E-state index contributed by atoms with van der Waals surface area (Å²) >= 11 is 1.52. The Hall–Kier alpha value is -3.46. The maximum atomic E-state index is 12.8. The zero-order valence-electron chi connectivity index (χ0n) is 18.9. The lowest BCUT2D eigenvalue weighted by Crippen LogP contribution is -2.36. The monoisotopic (exact) mass is 463 g/mol. The van der Waals surface area contributed by atoms with Crippen molar-refractivity contribution >= 4 is 35.0 Å². The van der Waals surface area contributed by atoms with Gasteiger partial charge in [0.25, 0.3) is 0 Å². The molecule has 1 atom stereocenters. The average molecular weight is 464 g/mol. The van der Waals surface area contributed by atoms with Crippen molar-refractivity contribution in [3.8, 4) is 17.1 Å². The number of nitrogens with one attached hydrogen (secondary N) is 1. The van der Waals surface area contributed by atoms with Gasteiger partial charge in [-0.1, -0.05) is 55.9 Å². The first-order valence-corrected chi connectivity index (χ1v) is 11.6. The van der Waals surface area contributed by atoms with E-state index in [-0.39, 0.29) is 11.8 Å². The summed E-state index contributed by atoms with van der Waals surface area (Å²) in [6.45, 7) is 7.21. The number of aromatic nitrogens is 3. The number of benzene rings is 2. The molecule has 0 bridgehead atoms. The van der Waals surface area contributed by atoms with Gasteiger partial charge in [-0.15, -0.1) is 10.2 Å². The number of amides is 2. The minimum atomic E-state index is -0.768. The Morgan fingerprint density at radius 2 is 1.82 bits per heavy atom. The molecule has 2 heterocycles. The fourth-order valence-corrected chi connectivity index (χ4v) is 4.23. The molecular weight excluding hydrogens is 438 g/mol. The van der Waals surface area contributed by atoms with Crippen LogP contribution >= 0.6 is 11.8 Å². The summed E-state index contributed by atoms with van der Waals surface area (Å²) in [6.07, 6.45) is -0.768. The van der Waals surface area contributed by atoms with E-state index in [2.05, 4.69) is 34.3 Å². The SMILES string of the molecule is CC(=O)Nc1ccc([C@@H]2Oc3nc(SCC(C)C)nnc3-c3ccccc3N2C(C)=O)cc1. The van der Waals surface area contributed by atoms with E-state index in [1.165, 1.54) is 25.6 Å². The van der Waals surface area contributed by atoms with Crippen LogP contribution in [0.1, 0.15) is 39.5 Å². The standard InChI is InChI=1S/C24H25N5O3S/c1-14(2)13-33-24-26-22-21(27-28-24)19-7-5-6-8-20(19)29(16(4)31)23(32-22)17-9-11-18(12-10-17)25-15(3)30/h5-12,14,23H,13H2,1-4H3,(H,25,30)/t23-/m0/s1. The number of para-hydroxylation sites is 1. The van der Waals surface area contributed by atoms with E-state index in [0.717, 1.165) is 16.9 Å². The zero-order chi connectivity index (χ0) is 23.5. The van der Waals surface area contributed by atoms with Crippen molar-refractivity contribution in [2.45, 2.75) is 39.1 Å². The van der Waals surface area contributed by atoms with Gasteiger partial charge in [0, 0.05) is 36.4 Å². The predicted octanol–water partition coefficient (Wildman–Crippen LogP) is 4.69. The van der Waals surface area contributed by atoms with Crippen molar-refractivity contribution in [1.29, 1.82) is 0 Å². The largest absolute Gasteiger partial charge is 0.447 e. The van der Waals surface area contributed by atoms with Gasteiger partial charge in [0.05, 0.1) is 5.69 Å². The summed E-state index contributed by atoms with van der Waals surface area (Å²) in [5.41, 5.74) is 3.27. The number of ether oxygens (including phenoxy) is 1. The fraction of sp³-hybridized carbons (Fsp3) is 0.292. The molecule has 1 aromatic heterocycles. The minimum absolute atomic E-state index is 0.157. The van der Waals surface area contributed by atoms with E-state index in [1.807, 2.05) is 36.4 Å². The van der Waals surface area contributed by atoms with E-state index in [9.17, 15) is 9.59 Å². The first kappa shape index (κ1) is 22.7. The van der Waals surface area contributed by atoms with Gasteiger partial charge in [-0.25, -0.2) is 0 Å². The summed E-state index contributed by atoms with van der Waals surface area (Å²) in [4.78, 5) is 30.4. The molecule has 0 unspecified atom stereocenters. The van der Waals surface area contributed by atoms with Crippen molar-refractivity contribution in [2.75, 3.05) is 16.0 Å². The average Bonchev–Trinajstić information content (AvgIpc) is 2.92. The van der Waals surface area contributed by atoms with E-state index in [1.54, 1.807) is 17.0 Å². The van der Waals surface area contributed by atoms with Crippen LogP contribution in [0.25, 0.3) is 11.3 Å². The van der Waals surface area contributed by atoms with Crippen LogP contribution in [-0.4, -0.2) is 32.7 Å². The molecule has 1 aliphatic heterocycles. The predicted molar refractivity (Wildman–Crippen MR) is 128 cm³/mol. The molecule has 8 nitrogen and oxygen atoms in total. The smallest absolute Gasteiger partial charge is 0.247 e. The molecule has 0 radical (unpaired) electrons. The number of anilines is 2. The highest BCUT2D eigenvalue weighted by Crippen LogP contribution is 2.43. The Morgan fingerprint density at radius 3 is 2.48 bits per heavy atom. The molecule has 1 N–H and O–H groups in total. The number of hydrogen-bond acceptors (Lipinski definition) is 7. The molecule has 2 aromatic carbocycles. The summed E-state index contributed by atoms with van der Waals surface area (Å²) < 4.78 is 6.36. The van der Waals surface area contributed by atoms with Gasteiger partial charge in [0.15, 0.2) is 5.69 Å². The third-order valence-electron chi connectivity index (χ3n) is 4.91.